The number of pyridine rings is 1. The van der Waals surface area contributed by atoms with E-state index in [-0.39, 0.29) is 5.91 Å². The van der Waals surface area contributed by atoms with Crippen molar-refractivity contribution in [1.82, 2.24) is 24.5 Å². The third kappa shape index (κ3) is 2.38. The Labute approximate surface area is 138 Å². The van der Waals surface area contributed by atoms with Crippen LogP contribution < -0.4 is 4.74 Å². The van der Waals surface area contributed by atoms with Gasteiger partial charge in [0.2, 0.25) is 5.88 Å². The van der Waals surface area contributed by atoms with Gasteiger partial charge >= 0.3 is 0 Å². The lowest BCUT2D eigenvalue weighted by Crippen LogP contribution is -2.37. The first-order valence-electron chi connectivity index (χ1n) is 7.78. The molecule has 7 heteroatoms. The van der Waals surface area contributed by atoms with Crippen molar-refractivity contribution in [2.45, 2.75) is 19.9 Å². The van der Waals surface area contributed by atoms with Gasteiger partial charge in [0.15, 0.2) is 5.65 Å². The van der Waals surface area contributed by atoms with E-state index in [1.54, 1.807) is 25.4 Å². The molecule has 0 fully saturated rings. The minimum absolute atomic E-state index is 0.0347. The maximum absolute atomic E-state index is 12.7. The van der Waals surface area contributed by atoms with Crippen LogP contribution in [0.1, 0.15) is 27.3 Å². The largest absolute Gasteiger partial charge is 0.481 e. The van der Waals surface area contributed by atoms with E-state index in [4.69, 9.17) is 4.74 Å². The van der Waals surface area contributed by atoms with Crippen molar-refractivity contribution in [1.29, 1.82) is 0 Å². The summed E-state index contributed by atoms with van der Waals surface area (Å²) >= 11 is 0. The van der Waals surface area contributed by atoms with Gasteiger partial charge in [-0.05, 0) is 13.0 Å². The molecule has 0 atom stereocenters. The quantitative estimate of drug-likeness (QED) is 0.717. The van der Waals surface area contributed by atoms with Gasteiger partial charge < -0.3 is 9.64 Å². The molecular formula is C17H17N5O2. The Balaban J connectivity index is 1.61. The van der Waals surface area contributed by atoms with Crippen LogP contribution in [-0.4, -0.2) is 44.0 Å². The summed E-state index contributed by atoms with van der Waals surface area (Å²) in [5.74, 6) is 0.462. The molecule has 0 unspecified atom stereocenters. The van der Waals surface area contributed by atoms with E-state index in [9.17, 15) is 4.79 Å². The van der Waals surface area contributed by atoms with Gasteiger partial charge in [-0.1, -0.05) is 0 Å². The predicted octanol–water partition coefficient (Wildman–Crippen LogP) is 1.64. The van der Waals surface area contributed by atoms with E-state index < -0.39 is 0 Å². The minimum Gasteiger partial charge on any atom is -0.481 e. The molecule has 0 saturated heterocycles. The summed E-state index contributed by atoms with van der Waals surface area (Å²) in [6, 6.07) is 5.39. The third-order valence-corrected chi connectivity index (χ3v) is 4.25. The Morgan fingerprint density at radius 1 is 1.25 bits per heavy atom. The van der Waals surface area contributed by atoms with Crippen LogP contribution in [0.5, 0.6) is 5.88 Å². The molecule has 4 heterocycles. The van der Waals surface area contributed by atoms with Gasteiger partial charge in [0, 0.05) is 49.6 Å². The summed E-state index contributed by atoms with van der Waals surface area (Å²) in [6.07, 6.45) is 4.15. The highest BCUT2D eigenvalue weighted by Crippen LogP contribution is 2.21. The van der Waals surface area contributed by atoms with Crippen LogP contribution in [-0.2, 0) is 13.0 Å². The lowest BCUT2D eigenvalue weighted by molar-refractivity contribution is 0.0732. The van der Waals surface area contributed by atoms with Gasteiger partial charge in [0.25, 0.3) is 5.91 Å². The number of fused-ring (bicyclic) bond motifs is 3. The predicted molar refractivity (Wildman–Crippen MR) is 87.0 cm³/mol. The summed E-state index contributed by atoms with van der Waals surface area (Å²) < 4.78 is 6.92. The molecule has 1 aliphatic heterocycles. The molecule has 0 aromatic carbocycles. The van der Waals surface area contributed by atoms with Crippen LogP contribution >= 0.6 is 0 Å². The Kier molecular flexibility index (Phi) is 3.41. The summed E-state index contributed by atoms with van der Waals surface area (Å²) in [5, 5.41) is 4.50. The molecule has 0 bridgehead atoms. The Morgan fingerprint density at radius 3 is 2.88 bits per heavy atom. The number of hydrogen-bond acceptors (Lipinski definition) is 5. The van der Waals surface area contributed by atoms with Crippen LogP contribution in [0.2, 0.25) is 0 Å². The average Bonchev–Trinajstić information content (AvgIpc) is 3.01. The van der Waals surface area contributed by atoms with Crippen LogP contribution in [0.25, 0.3) is 5.65 Å². The highest BCUT2D eigenvalue weighted by molar-refractivity contribution is 5.94. The summed E-state index contributed by atoms with van der Waals surface area (Å²) in [6.45, 7) is 3.13. The molecule has 122 valence electrons. The first kappa shape index (κ1) is 14.6. The maximum Gasteiger partial charge on any atom is 0.255 e. The van der Waals surface area contributed by atoms with Gasteiger partial charge in [-0.15, -0.1) is 0 Å². The van der Waals surface area contributed by atoms with Crippen molar-refractivity contribution in [3.8, 4) is 5.88 Å². The fraction of sp³-hybridized carbons (Fsp3) is 0.294. The molecule has 3 aromatic heterocycles. The number of amides is 1. The van der Waals surface area contributed by atoms with E-state index in [0.717, 1.165) is 29.0 Å². The Hall–Kier alpha value is -2.96. The summed E-state index contributed by atoms with van der Waals surface area (Å²) in [7, 11) is 1.55. The van der Waals surface area contributed by atoms with Crippen LogP contribution in [0.4, 0.5) is 0 Å². The number of aryl methyl sites for hydroxylation is 1. The monoisotopic (exact) mass is 323 g/mol. The van der Waals surface area contributed by atoms with Gasteiger partial charge in [-0.2, -0.15) is 5.10 Å². The smallest absolute Gasteiger partial charge is 0.255 e. The molecule has 24 heavy (non-hydrogen) atoms. The van der Waals surface area contributed by atoms with Crippen molar-refractivity contribution in [2.75, 3.05) is 13.7 Å². The van der Waals surface area contributed by atoms with Crippen LogP contribution in [0.3, 0.4) is 0 Å². The van der Waals surface area contributed by atoms with Crippen molar-refractivity contribution in [3.63, 3.8) is 0 Å². The number of aromatic nitrogens is 4. The van der Waals surface area contributed by atoms with Crippen molar-refractivity contribution in [3.05, 3.63) is 53.1 Å². The highest BCUT2D eigenvalue weighted by atomic mass is 16.5. The Morgan fingerprint density at radius 2 is 2.12 bits per heavy atom. The molecule has 1 amide bonds. The first-order valence-corrected chi connectivity index (χ1v) is 7.78. The van der Waals surface area contributed by atoms with E-state index in [2.05, 4.69) is 15.1 Å². The van der Waals surface area contributed by atoms with Crippen molar-refractivity contribution >= 4 is 11.6 Å². The zero-order valence-electron chi connectivity index (χ0n) is 13.6. The lowest BCUT2D eigenvalue weighted by Gasteiger charge is -2.28. The number of rotatable bonds is 2. The number of methoxy groups -OCH3 is 1. The molecular weight excluding hydrogens is 306 g/mol. The van der Waals surface area contributed by atoms with Crippen molar-refractivity contribution < 1.29 is 9.53 Å². The molecule has 7 nitrogen and oxygen atoms in total. The summed E-state index contributed by atoms with van der Waals surface area (Å²) in [5.41, 5.74) is 4.52. The second kappa shape index (κ2) is 5.59. The fourth-order valence-electron chi connectivity index (χ4n) is 3.04. The topological polar surface area (TPSA) is 72.6 Å². The fourth-order valence-corrected chi connectivity index (χ4v) is 3.04. The number of carbonyl (C=O) groups excluding carboxylic acids is 1. The number of ether oxygens (including phenoxy) is 1. The van der Waals surface area contributed by atoms with E-state index in [0.29, 0.717) is 24.5 Å². The molecule has 4 rings (SSSR count). The zero-order chi connectivity index (χ0) is 16.7. The SMILES string of the molecule is COc1ccc(C(=O)N2CCc3c(cnc4cc(C)nn34)C2)cn1. The average molecular weight is 323 g/mol. The lowest BCUT2D eigenvalue weighted by atomic mass is 10.1. The number of carbonyl (C=O) groups is 1. The van der Waals surface area contributed by atoms with E-state index in [1.807, 2.05) is 28.6 Å². The molecule has 0 N–H and O–H groups in total. The van der Waals surface area contributed by atoms with Gasteiger partial charge in [-0.3, -0.25) is 4.79 Å². The molecule has 3 aromatic rings. The summed E-state index contributed by atoms with van der Waals surface area (Å²) in [4.78, 5) is 23.0. The molecule has 0 aliphatic carbocycles. The van der Waals surface area contributed by atoms with Gasteiger partial charge in [-0.25, -0.2) is 14.5 Å². The highest BCUT2D eigenvalue weighted by Gasteiger charge is 2.24. The standard InChI is InChI=1S/C17H17N5O2/c1-11-7-15-18-9-13-10-21(6-5-14(13)22(15)20-11)17(23)12-3-4-16(24-2)19-8-12/h3-4,7-9H,5-6,10H2,1-2H3. The van der Waals surface area contributed by atoms with Crippen LogP contribution in [0.15, 0.2) is 30.6 Å². The Bertz CT molecular complexity index is 917. The third-order valence-electron chi connectivity index (χ3n) is 4.25. The second-order valence-corrected chi connectivity index (χ2v) is 5.85. The van der Waals surface area contributed by atoms with E-state index in [1.165, 1.54) is 0 Å². The van der Waals surface area contributed by atoms with Crippen LogP contribution in [0, 0.1) is 6.92 Å². The molecule has 0 spiro atoms. The molecule has 0 radical (unpaired) electrons. The number of nitrogens with zero attached hydrogens (tertiary/aromatic N) is 5. The molecule has 1 aliphatic rings. The normalized spacial score (nSPS) is 13.8. The first-order chi connectivity index (χ1) is 11.7. The second-order valence-electron chi connectivity index (χ2n) is 5.85. The van der Waals surface area contributed by atoms with Gasteiger partial charge in [0.05, 0.1) is 24.1 Å². The zero-order valence-corrected chi connectivity index (χ0v) is 13.6. The number of hydrogen-bond donors (Lipinski definition) is 0. The van der Waals surface area contributed by atoms with Crippen molar-refractivity contribution in [2.24, 2.45) is 0 Å². The minimum atomic E-state index is -0.0347. The van der Waals surface area contributed by atoms with Gasteiger partial charge in [0.1, 0.15) is 0 Å². The molecule has 0 saturated carbocycles. The maximum atomic E-state index is 12.7. The van der Waals surface area contributed by atoms with E-state index >= 15 is 0 Å².